The Hall–Kier alpha value is -1.32. The molecule has 3 rings (SSSR count). The van der Waals surface area contributed by atoms with Gasteiger partial charge in [0.25, 0.3) is 0 Å². The molecule has 3 heteroatoms. The first kappa shape index (κ1) is 14.6. The molecular weight excluding hydrogens is 262 g/mol. The highest BCUT2D eigenvalue weighted by Crippen LogP contribution is 2.26. The van der Waals surface area contributed by atoms with Crippen LogP contribution in [0.3, 0.4) is 0 Å². The molecule has 0 saturated carbocycles. The molecule has 114 valence electrons. The molecule has 0 spiro atoms. The molecule has 21 heavy (non-hydrogen) atoms. The second-order valence-electron chi connectivity index (χ2n) is 6.45. The van der Waals surface area contributed by atoms with E-state index >= 15 is 0 Å². The van der Waals surface area contributed by atoms with Gasteiger partial charge in [-0.3, -0.25) is 0 Å². The van der Waals surface area contributed by atoms with Crippen molar-refractivity contribution in [1.29, 1.82) is 0 Å². The molecule has 3 atom stereocenters. The number of para-hydroxylation sites is 1. The van der Waals surface area contributed by atoms with Gasteiger partial charge in [0, 0.05) is 18.0 Å². The molecular formula is C18H25NO2. The molecule has 1 aliphatic rings. The fraction of sp³-hybridized carbons (Fsp3) is 0.556. The summed E-state index contributed by atoms with van der Waals surface area (Å²) < 4.78 is 11.8. The summed E-state index contributed by atoms with van der Waals surface area (Å²) in [7, 11) is 0. The first-order valence-corrected chi connectivity index (χ1v) is 7.99. The maximum Gasteiger partial charge on any atom is 0.134 e. The zero-order valence-corrected chi connectivity index (χ0v) is 13.1. The maximum atomic E-state index is 5.95. The monoisotopic (exact) mass is 287 g/mol. The van der Waals surface area contributed by atoms with Crippen molar-refractivity contribution in [3.63, 3.8) is 0 Å². The standard InChI is InChI=1S/C18H25NO2/c1-12(2)17-11-15(8-9-20-17)19-13(3)18-10-14-6-4-5-7-16(14)21-18/h4-7,10,12-13,15,17,19H,8-9,11H2,1-3H3. The molecule has 1 aliphatic heterocycles. The zero-order valence-electron chi connectivity index (χ0n) is 13.1. The van der Waals surface area contributed by atoms with Crippen molar-refractivity contribution in [2.24, 2.45) is 5.92 Å². The third-order valence-electron chi connectivity index (χ3n) is 4.42. The predicted molar refractivity (Wildman–Crippen MR) is 85.4 cm³/mol. The van der Waals surface area contributed by atoms with Gasteiger partial charge in [0.15, 0.2) is 0 Å². The van der Waals surface area contributed by atoms with Crippen molar-refractivity contribution in [3.8, 4) is 0 Å². The SMILES string of the molecule is CC(NC1CCOC(C(C)C)C1)c1cc2ccccc2o1. The number of fused-ring (bicyclic) bond motifs is 1. The first-order chi connectivity index (χ1) is 10.1. The molecule has 1 fully saturated rings. The molecule has 1 N–H and O–H groups in total. The minimum atomic E-state index is 0.230. The van der Waals surface area contributed by atoms with E-state index in [1.807, 2.05) is 18.2 Å². The van der Waals surface area contributed by atoms with Crippen LogP contribution in [0.4, 0.5) is 0 Å². The summed E-state index contributed by atoms with van der Waals surface area (Å²) in [5.74, 6) is 1.60. The Balaban J connectivity index is 1.66. The number of hydrogen-bond acceptors (Lipinski definition) is 3. The second-order valence-corrected chi connectivity index (χ2v) is 6.45. The third kappa shape index (κ3) is 3.30. The van der Waals surface area contributed by atoms with Gasteiger partial charge in [-0.05, 0) is 37.8 Å². The fourth-order valence-electron chi connectivity index (χ4n) is 3.10. The summed E-state index contributed by atoms with van der Waals surface area (Å²) in [6, 6.07) is 11.1. The third-order valence-corrected chi connectivity index (χ3v) is 4.42. The van der Waals surface area contributed by atoms with Gasteiger partial charge in [0.2, 0.25) is 0 Å². The van der Waals surface area contributed by atoms with Crippen molar-refractivity contribution in [3.05, 3.63) is 36.1 Å². The van der Waals surface area contributed by atoms with Gasteiger partial charge in [0.1, 0.15) is 11.3 Å². The Morgan fingerprint density at radius 3 is 2.76 bits per heavy atom. The number of rotatable bonds is 4. The van der Waals surface area contributed by atoms with Crippen LogP contribution in [0.1, 0.15) is 45.4 Å². The molecule has 2 heterocycles. The average Bonchev–Trinajstić information content (AvgIpc) is 2.91. The normalized spacial score (nSPS) is 24.6. The Morgan fingerprint density at radius 1 is 1.19 bits per heavy atom. The molecule has 1 aromatic carbocycles. The summed E-state index contributed by atoms with van der Waals surface area (Å²) in [6.45, 7) is 7.50. The molecule has 0 aliphatic carbocycles. The predicted octanol–water partition coefficient (Wildman–Crippen LogP) is 4.29. The summed E-state index contributed by atoms with van der Waals surface area (Å²) in [4.78, 5) is 0. The van der Waals surface area contributed by atoms with Crippen molar-refractivity contribution >= 4 is 11.0 Å². The van der Waals surface area contributed by atoms with Crippen LogP contribution in [0.15, 0.2) is 34.7 Å². The van der Waals surface area contributed by atoms with Gasteiger partial charge in [0.05, 0.1) is 12.1 Å². The Morgan fingerprint density at radius 2 is 2.00 bits per heavy atom. The van der Waals surface area contributed by atoms with Crippen LogP contribution in [-0.4, -0.2) is 18.8 Å². The number of nitrogens with one attached hydrogen (secondary N) is 1. The largest absolute Gasteiger partial charge is 0.459 e. The quantitative estimate of drug-likeness (QED) is 0.911. The van der Waals surface area contributed by atoms with E-state index in [0.717, 1.165) is 30.8 Å². The zero-order chi connectivity index (χ0) is 14.8. The fourth-order valence-corrected chi connectivity index (χ4v) is 3.10. The molecule has 1 saturated heterocycles. The smallest absolute Gasteiger partial charge is 0.134 e. The molecule has 2 aromatic rings. The number of furan rings is 1. The summed E-state index contributed by atoms with van der Waals surface area (Å²) >= 11 is 0. The number of ether oxygens (including phenoxy) is 1. The number of hydrogen-bond donors (Lipinski definition) is 1. The molecule has 1 aromatic heterocycles. The maximum absolute atomic E-state index is 5.95. The molecule has 0 amide bonds. The average molecular weight is 287 g/mol. The van der Waals surface area contributed by atoms with E-state index in [0.29, 0.717) is 18.1 Å². The van der Waals surface area contributed by atoms with Crippen LogP contribution in [0.2, 0.25) is 0 Å². The lowest BCUT2D eigenvalue weighted by Crippen LogP contribution is -2.41. The van der Waals surface area contributed by atoms with E-state index in [4.69, 9.17) is 9.15 Å². The molecule has 3 nitrogen and oxygen atoms in total. The van der Waals surface area contributed by atoms with Gasteiger partial charge >= 0.3 is 0 Å². The van der Waals surface area contributed by atoms with Gasteiger partial charge < -0.3 is 14.5 Å². The summed E-state index contributed by atoms with van der Waals surface area (Å²) in [5.41, 5.74) is 0.966. The summed E-state index contributed by atoms with van der Waals surface area (Å²) in [5, 5.41) is 4.88. The van der Waals surface area contributed by atoms with Gasteiger partial charge in [-0.25, -0.2) is 0 Å². The topological polar surface area (TPSA) is 34.4 Å². The van der Waals surface area contributed by atoms with Crippen LogP contribution in [-0.2, 0) is 4.74 Å². The van der Waals surface area contributed by atoms with E-state index in [-0.39, 0.29) is 6.04 Å². The van der Waals surface area contributed by atoms with Gasteiger partial charge in [-0.1, -0.05) is 32.0 Å². The van der Waals surface area contributed by atoms with Crippen molar-refractivity contribution in [1.82, 2.24) is 5.32 Å². The molecule has 0 radical (unpaired) electrons. The minimum absolute atomic E-state index is 0.230. The van der Waals surface area contributed by atoms with Crippen LogP contribution >= 0.6 is 0 Å². The Bertz CT molecular complexity index is 557. The lowest BCUT2D eigenvalue weighted by Gasteiger charge is -2.33. The van der Waals surface area contributed by atoms with Crippen molar-refractivity contribution in [2.75, 3.05) is 6.61 Å². The van der Waals surface area contributed by atoms with E-state index in [1.54, 1.807) is 0 Å². The lowest BCUT2D eigenvalue weighted by atomic mass is 9.95. The minimum Gasteiger partial charge on any atom is -0.459 e. The van der Waals surface area contributed by atoms with Gasteiger partial charge in [-0.15, -0.1) is 0 Å². The van der Waals surface area contributed by atoms with Crippen LogP contribution in [0, 0.1) is 5.92 Å². The lowest BCUT2D eigenvalue weighted by molar-refractivity contribution is -0.0259. The van der Waals surface area contributed by atoms with Gasteiger partial charge in [-0.2, -0.15) is 0 Å². The first-order valence-electron chi connectivity index (χ1n) is 7.99. The van der Waals surface area contributed by atoms with Crippen molar-refractivity contribution < 1.29 is 9.15 Å². The van der Waals surface area contributed by atoms with E-state index in [1.165, 1.54) is 5.39 Å². The van der Waals surface area contributed by atoms with Crippen LogP contribution < -0.4 is 5.32 Å². The highest BCUT2D eigenvalue weighted by molar-refractivity contribution is 5.77. The summed E-state index contributed by atoms with van der Waals surface area (Å²) in [6.07, 6.45) is 2.54. The highest BCUT2D eigenvalue weighted by Gasteiger charge is 2.26. The number of benzene rings is 1. The van der Waals surface area contributed by atoms with E-state index in [9.17, 15) is 0 Å². The van der Waals surface area contributed by atoms with E-state index in [2.05, 4.69) is 38.2 Å². The van der Waals surface area contributed by atoms with E-state index < -0.39 is 0 Å². The van der Waals surface area contributed by atoms with Crippen LogP contribution in [0.25, 0.3) is 11.0 Å². The van der Waals surface area contributed by atoms with Crippen molar-refractivity contribution in [2.45, 2.75) is 51.8 Å². The molecule has 0 bridgehead atoms. The molecule has 3 unspecified atom stereocenters. The Kier molecular flexibility index (Phi) is 4.32. The van der Waals surface area contributed by atoms with Crippen LogP contribution in [0.5, 0.6) is 0 Å². The second kappa shape index (κ2) is 6.20. The highest BCUT2D eigenvalue weighted by atomic mass is 16.5. The Labute approximate surface area is 126 Å².